The number of carbonyl (C=O) groups is 4. The Balaban J connectivity index is 2.83. The van der Waals surface area contributed by atoms with Crippen LogP contribution in [0.5, 0.6) is 0 Å². The quantitative estimate of drug-likeness (QED) is 0.203. The van der Waals surface area contributed by atoms with Gasteiger partial charge in [0.05, 0.1) is 13.2 Å². The molecular weight excluding hydrogens is 406 g/mol. The number of nitrogens with one attached hydrogen (secondary N) is 3. The lowest BCUT2D eigenvalue weighted by molar-refractivity contribution is -0.150. The highest BCUT2D eigenvalue weighted by Gasteiger charge is 2.25. The molecule has 3 atom stereocenters. The first kappa shape index (κ1) is 25.9. The van der Waals surface area contributed by atoms with Gasteiger partial charge in [0, 0.05) is 12.2 Å². The molecule has 0 aliphatic rings. The number of hydrogen-bond acceptors (Lipinski definition) is 7. The van der Waals surface area contributed by atoms with Gasteiger partial charge in [-0.3, -0.25) is 9.59 Å². The van der Waals surface area contributed by atoms with Crippen molar-refractivity contribution in [1.29, 1.82) is 0 Å². The van der Waals surface area contributed by atoms with E-state index < -0.39 is 42.0 Å². The SMILES string of the molecule is COC(=O)C(O)c1ccc(NC(=O)C(CCCNC(N)=O)NC(=O)C(N)C(C)C)cc1. The summed E-state index contributed by atoms with van der Waals surface area (Å²) in [7, 11) is 1.17. The second kappa shape index (κ2) is 12.5. The van der Waals surface area contributed by atoms with Crippen molar-refractivity contribution in [1.82, 2.24) is 10.6 Å². The van der Waals surface area contributed by atoms with Crippen LogP contribution in [0, 0.1) is 5.92 Å². The van der Waals surface area contributed by atoms with Gasteiger partial charge in [-0.2, -0.15) is 0 Å². The van der Waals surface area contributed by atoms with Gasteiger partial charge in [-0.1, -0.05) is 26.0 Å². The molecule has 3 unspecified atom stereocenters. The van der Waals surface area contributed by atoms with Crippen molar-refractivity contribution in [2.45, 2.75) is 44.9 Å². The highest BCUT2D eigenvalue weighted by atomic mass is 16.5. The van der Waals surface area contributed by atoms with Gasteiger partial charge in [0.2, 0.25) is 11.8 Å². The number of aliphatic hydroxyl groups excluding tert-OH is 1. The smallest absolute Gasteiger partial charge is 0.339 e. The Morgan fingerprint density at radius 1 is 1.10 bits per heavy atom. The van der Waals surface area contributed by atoms with Crippen LogP contribution >= 0.6 is 0 Å². The van der Waals surface area contributed by atoms with Crippen LogP contribution in [0.2, 0.25) is 0 Å². The van der Waals surface area contributed by atoms with Crippen molar-refractivity contribution < 1.29 is 29.0 Å². The average molecular weight is 437 g/mol. The molecule has 0 fully saturated rings. The van der Waals surface area contributed by atoms with E-state index in [9.17, 15) is 24.3 Å². The first-order chi connectivity index (χ1) is 14.6. The molecule has 31 heavy (non-hydrogen) atoms. The zero-order valence-electron chi connectivity index (χ0n) is 17.9. The van der Waals surface area contributed by atoms with E-state index in [0.29, 0.717) is 17.7 Å². The van der Waals surface area contributed by atoms with Crippen molar-refractivity contribution in [3.8, 4) is 0 Å². The molecule has 0 saturated heterocycles. The van der Waals surface area contributed by atoms with Gasteiger partial charge >= 0.3 is 12.0 Å². The van der Waals surface area contributed by atoms with E-state index in [1.54, 1.807) is 13.8 Å². The fraction of sp³-hybridized carbons (Fsp3) is 0.500. The number of esters is 1. The third-order valence-electron chi connectivity index (χ3n) is 4.54. The van der Waals surface area contributed by atoms with E-state index in [1.807, 2.05) is 0 Å². The van der Waals surface area contributed by atoms with Crippen molar-refractivity contribution >= 4 is 29.5 Å². The van der Waals surface area contributed by atoms with Crippen LogP contribution in [-0.4, -0.2) is 54.7 Å². The number of urea groups is 1. The second-order valence-electron chi connectivity index (χ2n) is 7.30. The number of hydrogen-bond donors (Lipinski definition) is 6. The van der Waals surface area contributed by atoms with Gasteiger partial charge < -0.3 is 37.3 Å². The van der Waals surface area contributed by atoms with Crippen molar-refractivity contribution in [3.05, 3.63) is 29.8 Å². The van der Waals surface area contributed by atoms with Crippen LogP contribution in [0.1, 0.15) is 38.4 Å². The Hall–Kier alpha value is -3.18. The first-order valence-corrected chi connectivity index (χ1v) is 9.82. The third-order valence-corrected chi connectivity index (χ3v) is 4.54. The Kier molecular flexibility index (Phi) is 10.4. The van der Waals surface area contributed by atoms with Crippen LogP contribution in [0.25, 0.3) is 0 Å². The number of benzene rings is 1. The van der Waals surface area contributed by atoms with Gasteiger partial charge in [0.15, 0.2) is 6.10 Å². The molecule has 0 radical (unpaired) electrons. The van der Waals surface area contributed by atoms with E-state index in [-0.39, 0.29) is 18.9 Å². The van der Waals surface area contributed by atoms with Gasteiger partial charge in [-0.05, 0) is 36.5 Å². The highest BCUT2D eigenvalue weighted by Crippen LogP contribution is 2.18. The number of ether oxygens (including phenoxy) is 1. The van der Waals surface area contributed by atoms with Gasteiger partial charge in [0.25, 0.3) is 0 Å². The number of anilines is 1. The zero-order valence-corrected chi connectivity index (χ0v) is 17.9. The standard InChI is InChI=1S/C20H31N5O6/c1-11(2)15(21)18(28)25-14(5-4-10-23-20(22)30)17(27)24-13-8-6-12(7-9-13)16(26)19(29)31-3/h6-9,11,14-16,26H,4-5,10,21H2,1-3H3,(H,24,27)(H,25,28)(H3,22,23,30). The third kappa shape index (κ3) is 8.60. The second-order valence-corrected chi connectivity index (χ2v) is 7.30. The molecule has 172 valence electrons. The lowest BCUT2D eigenvalue weighted by Gasteiger charge is -2.22. The highest BCUT2D eigenvalue weighted by molar-refractivity contribution is 5.97. The minimum Gasteiger partial charge on any atom is -0.467 e. The van der Waals surface area contributed by atoms with E-state index in [4.69, 9.17) is 11.5 Å². The van der Waals surface area contributed by atoms with E-state index >= 15 is 0 Å². The number of rotatable bonds is 11. The summed E-state index contributed by atoms with van der Waals surface area (Å²) in [4.78, 5) is 47.3. The normalized spacial score (nSPS) is 13.6. The molecule has 8 N–H and O–H groups in total. The minimum absolute atomic E-state index is 0.117. The molecule has 1 rings (SSSR count). The largest absolute Gasteiger partial charge is 0.467 e. The Bertz CT molecular complexity index is 768. The average Bonchev–Trinajstić information content (AvgIpc) is 2.74. The summed E-state index contributed by atoms with van der Waals surface area (Å²) >= 11 is 0. The summed E-state index contributed by atoms with van der Waals surface area (Å²) in [6, 6.07) is 3.60. The number of primary amides is 1. The minimum atomic E-state index is -1.43. The molecule has 0 aliphatic heterocycles. The van der Waals surface area contributed by atoms with Gasteiger partial charge in [0.1, 0.15) is 6.04 Å². The zero-order chi connectivity index (χ0) is 23.6. The summed E-state index contributed by atoms with van der Waals surface area (Å²) in [6.45, 7) is 3.83. The summed E-state index contributed by atoms with van der Waals surface area (Å²) in [6.07, 6.45) is -0.804. The van der Waals surface area contributed by atoms with Crippen LogP contribution in [0.3, 0.4) is 0 Å². The Labute approximate surface area is 180 Å². The van der Waals surface area contributed by atoms with Crippen LogP contribution in [-0.2, 0) is 19.1 Å². The van der Waals surface area contributed by atoms with E-state index in [1.165, 1.54) is 31.4 Å². The summed E-state index contributed by atoms with van der Waals surface area (Å²) in [5, 5.41) is 17.6. The molecule has 0 aromatic heterocycles. The fourth-order valence-corrected chi connectivity index (χ4v) is 2.58. The summed E-state index contributed by atoms with van der Waals surface area (Å²) in [5.74, 6) is -1.86. The van der Waals surface area contributed by atoms with Crippen molar-refractivity contribution in [2.75, 3.05) is 19.0 Å². The predicted octanol–water partition coefficient (Wildman–Crippen LogP) is -0.252. The Morgan fingerprint density at radius 3 is 2.23 bits per heavy atom. The summed E-state index contributed by atoms with van der Waals surface area (Å²) < 4.78 is 4.48. The maximum atomic E-state index is 12.7. The molecule has 0 heterocycles. The molecular formula is C20H31N5O6. The molecule has 0 spiro atoms. The molecule has 4 amide bonds. The van der Waals surface area contributed by atoms with Crippen molar-refractivity contribution in [3.63, 3.8) is 0 Å². The molecule has 1 aromatic carbocycles. The maximum absolute atomic E-state index is 12.7. The molecule has 11 heteroatoms. The van der Waals surface area contributed by atoms with Crippen LogP contribution < -0.4 is 27.4 Å². The van der Waals surface area contributed by atoms with E-state index in [0.717, 1.165) is 0 Å². The van der Waals surface area contributed by atoms with Crippen LogP contribution in [0.15, 0.2) is 24.3 Å². The van der Waals surface area contributed by atoms with E-state index in [2.05, 4.69) is 20.7 Å². The number of carbonyl (C=O) groups excluding carboxylic acids is 4. The topological polar surface area (TPSA) is 186 Å². The number of nitrogens with two attached hydrogens (primary N) is 2. The summed E-state index contributed by atoms with van der Waals surface area (Å²) in [5.41, 5.74) is 11.6. The van der Waals surface area contributed by atoms with Gasteiger partial charge in [-0.15, -0.1) is 0 Å². The number of aliphatic hydroxyl groups is 1. The lowest BCUT2D eigenvalue weighted by atomic mass is 10.0. The molecule has 0 aliphatic carbocycles. The van der Waals surface area contributed by atoms with Crippen LogP contribution in [0.4, 0.5) is 10.5 Å². The first-order valence-electron chi connectivity index (χ1n) is 9.82. The molecule has 0 bridgehead atoms. The lowest BCUT2D eigenvalue weighted by Crippen LogP contribution is -2.51. The van der Waals surface area contributed by atoms with Gasteiger partial charge in [-0.25, -0.2) is 9.59 Å². The monoisotopic (exact) mass is 437 g/mol. The molecule has 1 aromatic rings. The number of amides is 4. The molecule has 11 nitrogen and oxygen atoms in total. The number of methoxy groups -OCH3 is 1. The predicted molar refractivity (Wildman–Crippen MR) is 114 cm³/mol. The fourth-order valence-electron chi connectivity index (χ4n) is 2.58. The van der Waals surface area contributed by atoms with Crippen molar-refractivity contribution in [2.24, 2.45) is 17.4 Å². The molecule has 0 saturated carbocycles. The Morgan fingerprint density at radius 2 is 1.71 bits per heavy atom. The maximum Gasteiger partial charge on any atom is 0.339 e.